The first-order chi connectivity index (χ1) is 14.9. The Hall–Kier alpha value is -3.05. The lowest BCUT2D eigenvalue weighted by atomic mass is 10.0. The summed E-state index contributed by atoms with van der Waals surface area (Å²) in [5, 5.41) is 14.6. The summed E-state index contributed by atoms with van der Waals surface area (Å²) >= 11 is 2.96. The summed E-state index contributed by atoms with van der Waals surface area (Å²) in [6.45, 7) is 1.93. The third-order valence-corrected chi connectivity index (χ3v) is 7.13. The van der Waals surface area contributed by atoms with E-state index in [0.717, 1.165) is 15.6 Å². The number of carbonyl (C=O) groups excluding carboxylic acids is 2. The van der Waals surface area contributed by atoms with E-state index in [1.165, 1.54) is 52.7 Å². The highest BCUT2D eigenvalue weighted by molar-refractivity contribution is 8.22. The van der Waals surface area contributed by atoms with Crippen molar-refractivity contribution in [1.29, 1.82) is 0 Å². The van der Waals surface area contributed by atoms with Crippen molar-refractivity contribution < 1.29 is 19.2 Å². The molecule has 0 saturated carbocycles. The van der Waals surface area contributed by atoms with E-state index in [1.807, 2.05) is 13.1 Å². The Balaban J connectivity index is 1.49. The van der Waals surface area contributed by atoms with Gasteiger partial charge in [-0.2, -0.15) is 5.10 Å². The first kappa shape index (κ1) is 21.2. The summed E-state index contributed by atoms with van der Waals surface area (Å²) in [5.74, 6) is -0.0638. The smallest absolute Gasteiger partial charge is 0.357 e. The zero-order valence-corrected chi connectivity index (χ0v) is 18.3. The van der Waals surface area contributed by atoms with Gasteiger partial charge in [0.05, 0.1) is 20.9 Å². The molecular formula is C20H18N4O5S2. The molecule has 0 spiro atoms. The van der Waals surface area contributed by atoms with Gasteiger partial charge in [-0.1, -0.05) is 18.7 Å². The van der Waals surface area contributed by atoms with Crippen molar-refractivity contribution in [3.8, 4) is 0 Å². The maximum absolute atomic E-state index is 12.8. The lowest BCUT2D eigenvalue weighted by Gasteiger charge is -2.37. The van der Waals surface area contributed by atoms with Crippen LogP contribution < -0.4 is 0 Å². The first-order valence-electron chi connectivity index (χ1n) is 9.37. The van der Waals surface area contributed by atoms with Crippen LogP contribution >= 0.6 is 23.5 Å². The number of β-lactam (4-membered cyclic amide) rings is 1. The fourth-order valence-electron chi connectivity index (χ4n) is 3.19. The zero-order valence-electron chi connectivity index (χ0n) is 16.7. The molecule has 1 aromatic heterocycles. The number of ether oxygens (including phenoxy) is 1. The van der Waals surface area contributed by atoms with Gasteiger partial charge in [0.25, 0.3) is 11.6 Å². The number of aromatic nitrogens is 2. The van der Waals surface area contributed by atoms with Gasteiger partial charge in [0.2, 0.25) is 0 Å². The first-order valence-corrected chi connectivity index (χ1v) is 11.2. The highest BCUT2D eigenvalue weighted by Crippen LogP contribution is 2.53. The normalized spacial score (nSPS) is 18.9. The van der Waals surface area contributed by atoms with Crippen LogP contribution in [0.4, 0.5) is 5.69 Å². The van der Waals surface area contributed by atoms with Gasteiger partial charge in [0, 0.05) is 30.9 Å². The second kappa shape index (κ2) is 8.60. The molecule has 2 aromatic rings. The molecule has 2 aliphatic rings. The van der Waals surface area contributed by atoms with Crippen LogP contribution in [0.2, 0.25) is 0 Å². The average molecular weight is 459 g/mol. The second-order valence-electron chi connectivity index (χ2n) is 6.76. The Morgan fingerprint density at radius 1 is 1.39 bits per heavy atom. The number of hydrogen-bond acceptors (Lipinski definition) is 8. The number of rotatable bonds is 7. The third-order valence-electron chi connectivity index (χ3n) is 4.65. The SMILES string of the molecule is CCSC1=C(C(=O)OCc2ccc([N+](=O)[O-])cc2)N2C(=O)/C(=C/c3cnn(C)c3)[C@H]2S1. The fourth-order valence-corrected chi connectivity index (χ4v) is 5.77. The molecule has 2 aliphatic heterocycles. The maximum Gasteiger partial charge on any atom is 0.357 e. The van der Waals surface area contributed by atoms with Crippen molar-refractivity contribution >= 4 is 47.2 Å². The third kappa shape index (κ3) is 4.10. The standard InChI is InChI=1S/C20H18N4O5S2/c1-3-30-20-16(19(26)29-11-12-4-6-14(7-5-12)24(27)28)23-17(25)15(18(23)31-20)8-13-9-21-22(2)10-13/h4-10,18H,3,11H2,1-2H3/b15-8-/t18-/m1/s1. The van der Waals surface area contributed by atoms with E-state index in [1.54, 1.807) is 24.0 Å². The number of benzene rings is 1. The van der Waals surface area contributed by atoms with Crippen LogP contribution in [-0.4, -0.2) is 42.6 Å². The quantitative estimate of drug-likeness (QED) is 0.204. The van der Waals surface area contributed by atoms with Gasteiger partial charge in [-0.3, -0.25) is 24.5 Å². The molecule has 11 heteroatoms. The van der Waals surface area contributed by atoms with E-state index in [4.69, 9.17) is 4.74 Å². The number of non-ortho nitro benzene ring substituents is 1. The van der Waals surface area contributed by atoms with Crippen LogP contribution in [-0.2, 0) is 28.0 Å². The number of nitro benzene ring substituents is 1. The second-order valence-corrected chi connectivity index (χ2v) is 9.38. The number of carbonyl (C=O) groups is 2. The predicted octanol–water partition coefficient (Wildman–Crippen LogP) is 3.29. The topological polar surface area (TPSA) is 108 Å². The summed E-state index contributed by atoms with van der Waals surface area (Å²) < 4.78 is 7.84. The minimum absolute atomic E-state index is 0.0337. The van der Waals surface area contributed by atoms with Crippen molar-refractivity contribution in [2.45, 2.75) is 18.9 Å². The van der Waals surface area contributed by atoms with Gasteiger partial charge in [0.1, 0.15) is 12.0 Å². The predicted molar refractivity (Wildman–Crippen MR) is 117 cm³/mol. The van der Waals surface area contributed by atoms with E-state index in [-0.39, 0.29) is 29.3 Å². The molecule has 0 aliphatic carbocycles. The minimum Gasteiger partial charge on any atom is -0.456 e. The number of amides is 1. The molecule has 0 unspecified atom stereocenters. The highest BCUT2D eigenvalue weighted by atomic mass is 32.2. The summed E-state index contributed by atoms with van der Waals surface area (Å²) in [6, 6.07) is 5.79. The van der Waals surface area contributed by atoms with Gasteiger partial charge in [-0.15, -0.1) is 11.8 Å². The maximum atomic E-state index is 12.8. The van der Waals surface area contributed by atoms with Crippen LogP contribution in [0.3, 0.4) is 0 Å². The van der Waals surface area contributed by atoms with Crippen LogP contribution in [0, 0.1) is 10.1 Å². The number of fused-ring (bicyclic) bond motifs is 1. The van der Waals surface area contributed by atoms with Gasteiger partial charge in [0.15, 0.2) is 5.70 Å². The lowest BCUT2D eigenvalue weighted by Crippen LogP contribution is -2.51. The molecular weight excluding hydrogens is 440 g/mol. The molecule has 3 heterocycles. The zero-order chi connectivity index (χ0) is 22.1. The van der Waals surface area contributed by atoms with Gasteiger partial charge in [-0.05, 0) is 29.5 Å². The number of nitrogens with zero attached hydrogens (tertiary/aromatic N) is 4. The molecule has 1 saturated heterocycles. The lowest BCUT2D eigenvalue weighted by molar-refractivity contribution is -0.384. The molecule has 160 valence electrons. The van der Waals surface area contributed by atoms with Gasteiger partial charge < -0.3 is 4.74 Å². The number of thioether (sulfide) groups is 2. The van der Waals surface area contributed by atoms with Crippen molar-refractivity contribution in [1.82, 2.24) is 14.7 Å². The molecule has 0 N–H and O–H groups in total. The highest BCUT2D eigenvalue weighted by Gasteiger charge is 2.52. The van der Waals surface area contributed by atoms with Crippen molar-refractivity contribution in [3.05, 3.63) is 73.4 Å². The van der Waals surface area contributed by atoms with Crippen LogP contribution in [0.25, 0.3) is 6.08 Å². The van der Waals surface area contributed by atoms with Gasteiger partial charge in [-0.25, -0.2) is 4.79 Å². The van der Waals surface area contributed by atoms with Crippen molar-refractivity contribution in [3.63, 3.8) is 0 Å². The largest absolute Gasteiger partial charge is 0.456 e. The Bertz CT molecular complexity index is 1120. The molecule has 0 bridgehead atoms. The summed E-state index contributed by atoms with van der Waals surface area (Å²) in [4.78, 5) is 37.4. The summed E-state index contributed by atoms with van der Waals surface area (Å²) in [6.07, 6.45) is 5.29. The molecule has 1 fully saturated rings. The molecule has 0 radical (unpaired) electrons. The molecule has 4 rings (SSSR count). The number of nitro groups is 1. The van der Waals surface area contributed by atoms with Crippen molar-refractivity contribution in [2.24, 2.45) is 7.05 Å². The summed E-state index contributed by atoms with van der Waals surface area (Å²) in [5.41, 5.74) is 2.29. The molecule has 1 aromatic carbocycles. The molecule has 1 amide bonds. The Morgan fingerprint density at radius 3 is 2.74 bits per heavy atom. The van der Waals surface area contributed by atoms with E-state index >= 15 is 0 Å². The van der Waals surface area contributed by atoms with E-state index in [9.17, 15) is 19.7 Å². The number of esters is 1. The minimum atomic E-state index is -0.585. The van der Waals surface area contributed by atoms with Gasteiger partial charge >= 0.3 is 5.97 Å². The number of hydrogen-bond donors (Lipinski definition) is 0. The van der Waals surface area contributed by atoms with E-state index in [0.29, 0.717) is 11.1 Å². The Kier molecular flexibility index (Phi) is 5.88. The Morgan fingerprint density at radius 2 is 2.13 bits per heavy atom. The summed E-state index contributed by atoms with van der Waals surface area (Å²) in [7, 11) is 1.80. The van der Waals surface area contributed by atoms with Crippen molar-refractivity contribution in [2.75, 3.05) is 5.75 Å². The molecule has 9 nitrogen and oxygen atoms in total. The average Bonchev–Trinajstić information content (AvgIpc) is 3.32. The van der Waals surface area contributed by atoms with Crippen LogP contribution in [0.15, 0.2) is 52.2 Å². The molecule has 31 heavy (non-hydrogen) atoms. The fraction of sp³-hybridized carbons (Fsp3) is 0.250. The van der Waals surface area contributed by atoms with E-state index in [2.05, 4.69) is 5.10 Å². The monoisotopic (exact) mass is 458 g/mol. The van der Waals surface area contributed by atoms with Crippen LogP contribution in [0.1, 0.15) is 18.1 Å². The number of aryl methyl sites for hydroxylation is 1. The Labute approximate surface area is 186 Å². The van der Waals surface area contributed by atoms with E-state index < -0.39 is 10.9 Å². The van der Waals surface area contributed by atoms with Crippen LogP contribution in [0.5, 0.6) is 0 Å². The molecule has 1 atom stereocenters.